The van der Waals surface area contributed by atoms with E-state index in [4.69, 9.17) is 5.11 Å². The van der Waals surface area contributed by atoms with E-state index in [0.717, 1.165) is 0 Å². The van der Waals surface area contributed by atoms with Gasteiger partial charge in [0.25, 0.3) is 0 Å². The third-order valence-corrected chi connectivity index (χ3v) is 1.64. The van der Waals surface area contributed by atoms with Crippen LogP contribution in [0.3, 0.4) is 0 Å². The number of carboxylic acid groups (broad SMARTS) is 1. The van der Waals surface area contributed by atoms with Crippen molar-refractivity contribution in [1.82, 2.24) is 0 Å². The molecule has 0 aliphatic carbocycles. The van der Waals surface area contributed by atoms with Crippen molar-refractivity contribution in [3.63, 3.8) is 0 Å². The van der Waals surface area contributed by atoms with Crippen molar-refractivity contribution >= 4 is 11.9 Å². The summed E-state index contributed by atoms with van der Waals surface area (Å²) in [4.78, 5) is 22.0. The fourth-order valence-electron chi connectivity index (χ4n) is 1.05. The number of carbonyl (C=O) groups excluding carboxylic acids is 1. The zero-order chi connectivity index (χ0) is 10.6. The van der Waals surface area contributed by atoms with Gasteiger partial charge in [-0.05, 0) is 12.3 Å². The highest BCUT2D eigenvalue weighted by atomic mass is 16.5. The highest BCUT2D eigenvalue weighted by Gasteiger charge is 2.38. The number of ether oxygens (including phenoxy) is 1. The first-order valence-corrected chi connectivity index (χ1v) is 4.20. The molecule has 13 heavy (non-hydrogen) atoms. The Morgan fingerprint density at radius 2 is 1.85 bits per heavy atom. The predicted octanol–water partition coefficient (Wildman–Crippen LogP) is 1.30. The van der Waals surface area contributed by atoms with Crippen LogP contribution in [0.4, 0.5) is 0 Å². The van der Waals surface area contributed by atoms with Gasteiger partial charge in [-0.2, -0.15) is 0 Å². The fourth-order valence-corrected chi connectivity index (χ4v) is 1.05. The van der Waals surface area contributed by atoms with Crippen LogP contribution in [-0.2, 0) is 14.3 Å². The largest absolute Gasteiger partial charge is 0.481 e. The van der Waals surface area contributed by atoms with Crippen LogP contribution in [0.25, 0.3) is 0 Å². The Kier molecular flexibility index (Phi) is 3.91. The number of hydrogen-bond acceptors (Lipinski definition) is 3. The first kappa shape index (κ1) is 11.9. The van der Waals surface area contributed by atoms with Crippen LogP contribution < -0.4 is 0 Å². The first-order chi connectivity index (χ1) is 5.80. The maximum Gasteiger partial charge on any atom is 0.320 e. The average Bonchev–Trinajstić information content (AvgIpc) is 1.82. The van der Waals surface area contributed by atoms with Gasteiger partial charge < -0.3 is 9.84 Å². The van der Waals surface area contributed by atoms with Crippen LogP contribution in [0, 0.1) is 11.3 Å². The summed E-state index contributed by atoms with van der Waals surface area (Å²) >= 11 is 0. The van der Waals surface area contributed by atoms with E-state index < -0.39 is 23.3 Å². The average molecular weight is 188 g/mol. The molecule has 0 fully saturated rings. The van der Waals surface area contributed by atoms with E-state index >= 15 is 0 Å². The number of carbonyl (C=O) groups is 2. The first-order valence-electron chi connectivity index (χ1n) is 4.20. The zero-order valence-electron chi connectivity index (χ0n) is 8.46. The van der Waals surface area contributed by atoms with Crippen LogP contribution in [0.5, 0.6) is 0 Å². The third-order valence-electron chi connectivity index (χ3n) is 1.64. The van der Waals surface area contributed by atoms with Crippen LogP contribution >= 0.6 is 0 Å². The monoisotopic (exact) mass is 188 g/mol. The second kappa shape index (κ2) is 4.25. The summed E-state index contributed by atoms with van der Waals surface area (Å²) in [5, 5.41) is 8.81. The summed E-state index contributed by atoms with van der Waals surface area (Å²) in [7, 11) is 0. The molecule has 0 rings (SSSR count). The van der Waals surface area contributed by atoms with Gasteiger partial charge in [-0.1, -0.05) is 20.8 Å². The summed E-state index contributed by atoms with van der Waals surface area (Å²) < 4.78 is 4.67. The molecule has 76 valence electrons. The molecule has 0 aromatic carbocycles. The lowest BCUT2D eigenvalue weighted by Gasteiger charge is -2.24. The molecule has 0 bridgehead atoms. The standard InChI is InChI=1S/C9H16O4/c1-5-13-8(12)6(7(10)11)9(2,3)4/h6H,5H2,1-4H3,(H,10,11)/t6-/m0/s1. The smallest absolute Gasteiger partial charge is 0.320 e. The molecule has 0 unspecified atom stereocenters. The molecule has 0 radical (unpaired) electrons. The van der Waals surface area contributed by atoms with Crippen LogP contribution in [0.15, 0.2) is 0 Å². The van der Waals surface area contributed by atoms with Gasteiger partial charge in [0.15, 0.2) is 5.92 Å². The zero-order valence-corrected chi connectivity index (χ0v) is 8.46. The van der Waals surface area contributed by atoms with Crippen LogP contribution in [0.1, 0.15) is 27.7 Å². The number of carboxylic acids is 1. The summed E-state index contributed by atoms with van der Waals surface area (Å²) in [6, 6.07) is 0. The molecule has 0 saturated carbocycles. The molecule has 0 aromatic rings. The van der Waals surface area contributed by atoms with Crippen molar-refractivity contribution in [1.29, 1.82) is 0 Å². The van der Waals surface area contributed by atoms with E-state index in [1.807, 2.05) is 0 Å². The Labute approximate surface area is 77.9 Å². The van der Waals surface area contributed by atoms with Gasteiger partial charge in [0.05, 0.1) is 6.61 Å². The van der Waals surface area contributed by atoms with Gasteiger partial charge in [0.2, 0.25) is 0 Å². The molecule has 0 saturated heterocycles. The van der Waals surface area contributed by atoms with Crippen molar-refractivity contribution in [2.75, 3.05) is 6.61 Å². The summed E-state index contributed by atoms with van der Waals surface area (Å²) in [5.74, 6) is -2.89. The van der Waals surface area contributed by atoms with Gasteiger partial charge in [0, 0.05) is 0 Å². The molecule has 4 heteroatoms. The summed E-state index contributed by atoms with van der Waals surface area (Å²) in [6.07, 6.45) is 0. The van der Waals surface area contributed by atoms with Crippen molar-refractivity contribution in [2.24, 2.45) is 11.3 Å². The van der Waals surface area contributed by atoms with E-state index in [1.165, 1.54) is 0 Å². The van der Waals surface area contributed by atoms with E-state index in [2.05, 4.69) is 4.74 Å². The van der Waals surface area contributed by atoms with E-state index in [9.17, 15) is 9.59 Å². The molecule has 1 atom stereocenters. The highest BCUT2D eigenvalue weighted by Crippen LogP contribution is 2.27. The van der Waals surface area contributed by atoms with E-state index in [-0.39, 0.29) is 6.61 Å². The minimum absolute atomic E-state index is 0.207. The minimum atomic E-state index is -1.13. The molecule has 4 nitrogen and oxygen atoms in total. The molecule has 0 aromatic heterocycles. The quantitative estimate of drug-likeness (QED) is 0.535. The number of esters is 1. The highest BCUT2D eigenvalue weighted by molar-refractivity contribution is 5.94. The second-order valence-corrected chi connectivity index (χ2v) is 3.89. The van der Waals surface area contributed by atoms with Crippen molar-refractivity contribution in [3.05, 3.63) is 0 Å². The molecular weight excluding hydrogens is 172 g/mol. The molecule has 1 N–H and O–H groups in total. The molecule has 0 aliphatic rings. The van der Waals surface area contributed by atoms with Gasteiger partial charge in [-0.15, -0.1) is 0 Å². The number of rotatable bonds is 3. The van der Waals surface area contributed by atoms with E-state index in [1.54, 1.807) is 27.7 Å². The van der Waals surface area contributed by atoms with Crippen LogP contribution in [-0.4, -0.2) is 23.7 Å². The molecule has 0 amide bonds. The van der Waals surface area contributed by atoms with Gasteiger partial charge >= 0.3 is 11.9 Å². The normalized spacial score (nSPS) is 13.5. The lowest BCUT2D eigenvalue weighted by Crippen LogP contribution is -2.36. The summed E-state index contributed by atoms with van der Waals surface area (Å²) in [6.45, 7) is 6.95. The minimum Gasteiger partial charge on any atom is -0.481 e. The van der Waals surface area contributed by atoms with Gasteiger partial charge in [-0.3, -0.25) is 9.59 Å². The Bertz CT molecular complexity index is 202. The predicted molar refractivity (Wildman–Crippen MR) is 47.2 cm³/mol. The van der Waals surface area contributed by atoms with Gasteiger partial charge in [-0.25, -0.2) is 0 Å². The maximum atomic E-state index is 11.2. The Morgan fingerprint density at radius 1 is 1.38 bits per heavy atom. The Balaban J connectivity index is 4.63. The Hall–Kier alpha value is -1.06. The van der Waals surface area contributed by atoms with Crippen molar-refractivity contribution in [2.45, 2.75) is 27.7 Å². The number of aliphatic carboxylic acids is 1. The topological polar surface area (TPSA) is 63.6 Å². The van der Waals surface area contributed by atoms with Crippen LogP contribution in [0.2, 0.25) is 0 Å². The molecule has 0 heterocycles. The molecular formula is C9H16O4. The molecule has 0 spiro atoms. The van der Waals surface area contributed by atoms with E-state index in [0.29, 0.717) is 0 Å². The SMILES string of the molecule is CCOC(=O)[C@H](C(=O)O)C(C)(C)C. The van der Waals surface area contributed by atoms with Gasteiger partial charge in [0.1, 0.15) is 0 Å². The Morgan fingerprint density at radius 3 is 2.08 bits per heavy atom. The molecule has 0 aliphatic heterocycles. The lowest BCUT2D eigenvalue weighted by molar-refractivity contribution is -0.163. The van der Waals surface area contributed by atoms with Crippen molar-refractivity contribution in [3.8, 4) is 0 Å². The van der Waals surface area contributed by atoms with Crippen molar-refractivity contribution < 1.29 is 19.4 Å². The summed E-state index contributed by atoms with van der Waals surface area (Å²) in [5.41, 5.74) is -0.613. The third kappa shape index (κ3) is 3.44. The maximum absolute atomic E-state index is 11.2. The number of hydrogen-bond donors (Lipinski definition) is 1. The second-order valence-electron chi connectivity index (χ2n) is 3.89. The fraction of sp³-hybridized carbons (Fsp3) is 0.778. The lowest BCUT2D eigenvalue weighted by atomic mass is 9.81.